The molecule has 1 heterocycles. The fraction of sp³-hybridized carbons (Fsp3) is 0.289. The van der Waals surface area contributed by atoms with Crippen molar-refractivity contribution >= 4 is 0 Å². The molecule has 0 aliphatic carbocycles. The van der Waals surface area contributed by atoms with E-state index in [0.29, 0.717) is 33.0 Å². The zero-order chi connectivity index (χ0) is 34.8. The van der Waals surface area contributed by atoms with Crippen LogP contribution in [0.15, 0.2) is 163 Å². The quantitative estimate of drug-likeness (QED) is 0.118. The van der Waals surface area contributed by atoms with E-state index in [1.165, 1.54) is 5.56 Å². The molecule has 5 aromatic rings. The van der Waals surface area contributed by atoms with E-state index in [0.717, 1.165) is 40.0 Å². The molecule has 1 aliphatic rings. The van der Waals surface area contributed by atoms with Crippen LogP contribution in [-0.2, 0) is 56.5 Å². The Kier molecular flexibility index (Phi) is 14.9. The van der Waals surface area contributed by atoms with E-state index in [4.69, 9.17) is 23.7 Å². The van der Waals surface area contributed by atoms with Gasteiger partial charge in [0, 0.05) is 0 Å². The number of aryl methyl sites for hydroxylation is 1. The minimum atomic E-state index is -0.454. The van der Waals surface area contributed by atoms with Crippen LogP contribution in [0.3, 0.4) is 0 Å². The third-order valence-electron chi connectivity index (χ3n) is 8.51. The second-order valence-electron chi connectivity index (χ2n) is 12.6. The Labute approximate surface area is 298 Å². The van der Waals surface area contributed by atoms with Crippen molar-refractivity contribution in [3.8, 4) is 0 Å². The summed E-state index contributed by atoms with van der Waals surface area (Å²) in [6, 6.07) is 51.2. The molecule has 6 rings (SSSR count). The van der Waals surface area contributed by atoms with Crippen molar-refractivity contribution in [1.82, 2.24) is 0 Å². The molecule has 50 heavy (non-hydrogen) atoms. The molecule has 0 radical (unpaired) electrons. The summed E-state index contributed by atoms with van der Waals surface area (Å²) in [6.07, 6.45) is -0.569. The average molecular weight is 671 g/mol. The van der Waals surface area contributed by atoms with Crippen LogP contribution in [0.5, 0.6) is 0 Å². The van der Waals surface area contributed by atoms with Crippen molar-refractivity contribution in [3.63, 3.8) is 0 Å². The first-order chi connectivity index (χ1) is 24.6. The Bertz CT molecular complexity index is 1660. The second kappa shape index (κ2) is 20.2. The molecule has 0 spiro atoms. The molecule has 0 amide bonds. The van der Waals surface area contributed by atoms with Gasteiger partial charge in [0.2, 0.25) is 0 Å². The predicted octanol–water partition coefficient (Wildman–Crippen LogP) is 9.90. The first-order valence-corrected chi connectivity index (χ1v) is 17.6. The van der Waals surface area contributed by atoms with E-state index >= 15 is 0 Å². The third kappa shape index (κ3) is 11.5. The number of hydrogen-bond donors (Lipinski definition) is 0. The molecule has 0 saturated carbocycles. The van der Waals surface area contributed by atoms with Gasteiger partial charge in [-0.25, -0.2) is 0 Å². The van der Waals surface area contributed by atoms with Crippen molar-refractivity contribution in [2.45, 2.75) is 78.0 Å². The number of hydrogen-bond acceptors (Lipinski definition) is 5. The lowest BCUT2D eigenvalue weighted by atomic mass is 9.95. The lowest BCUT2D eigenvalue weighted by Crippen LogP contribution is -2.56. The predicted molar refractivity (Wildman–Crippen MR) is 200 cm³/mol. The van der Waals surface area contributed by atoms with Crippen LogP contribution in [-0.4, -0.2) is 31.0 Å². The first-order valence-electron chi connectivity index (χ1n) is 17.6. The van der Waals surface area contributed by atoms with Crippen LogP contribution in [0.25, 0.3) is 0 Å². The number of allylic oxidation sites excluding steroid dienone is 1. The van der Waals surface area contributed by atoms with Crippen LogP contribution in [0.2, 0.25) is 0 Å². The third-order valence-corrected chi connectivity index (χ3v) is 8.51. The molecular formula is C45H50O5. The summed E-state index contributed by atoms with van der Waals surface area (Å²) in [5, 5.41) is 0. The van der Waals surface area contributed by atoms with Gasteiger partial charge >= 0.3 is 0 Å². The molecule has 0 unspecified atom stereocenters. The van der Waals surface area contributed by atoms with Gasteiger partial charge in [0.15, 0.2) is 6.10 Å². The van der Waals surface area contributed by atoms with Gasteiger partial charge in [0.05, 0.1) is 33.0 Å². The minimum Gasteiger partial charge on any atom is -0.487 e. The van der Waals surface area contributed by atoms with Crippen LogP contribution in [0, 0.1) is 0 Å². The molecule has 0 aromatic heterocycles. The van der Waals surface area contributed by atoms with E-state index in [2.05, 4.69) is 93.6 Å². The van der Waals surface area contributed by atoms with Gasteiger partial charge in [0.1, 0.15) is 24.1 Å². The van der Waals surface area contributed by atoms with Crippen LogP contribution in [0.4, 0.5) is 0 Å². The van der Waals surface area contributed by atoms with Crippen molar-refractivity contribution in [1.29, 1.82) is 0 Å². The Morgan fingerprint density at radius 3 is 1.26 bits per heavy atom. The van der Waals surface area contributed by atoms with Gasteiger partial charge in [-0.1, -0.05) is 159 Å². The van der Waals surface area contributed by atoms with Crippen molar-refractivity contribution in [2.24, 2.45) is 0 Å². The monoisotopic (exact) mass is 670 g/mol. The Morgan fingerprint density at radius 2 is 0.860 bits per heavy atom. The zero-order valence-electron chi connectivity index (χ0n) is 29.5. The zero-order valence-corrected chi connectivity index (χ0v) is 29.5. The molecule has 1 aliphatic heterocycles. The molecule has 5 heteroatoms. The fourth-order valence-electron chi connectivity index (χ4n) is 5.79. The highest BCUT2D eigenvalue weighted by Gasteiger charge is 2.47. The van der Waals surface area contributed by atoms with Gasteiger partial charge in [-0.15, -0.1) is 0 Å². The van der Waals surface area contributed by atoms with Gasteiger partial charge in [0.25, 0.3) is 0 Å². The van der Waals surface area contributed by atoms with Crippen LogP contribution in [0.1, 0.15) is 48.6 Å². The van der Waals surface area contributed by atoms with Gasteiger partial charge < -0.3 is 23.7 Å². The standard InChI is InChI=1S/C37H40O5.C8H10/c1-28(2)34-36(40-25-31-19-11-5-12-20-31)37(41-26-32-21-13-6-14-22-32)35(39-24-30-17-9-4-10-18-30)33(42-34)27-38-23-29-15-7-3-8-16-29;1-2-8-6-4-3-5-7-8/h3-22,33,35-37H,23-27H2,1-2H3;3-7H,2H2,1H3/t33-,35+,36+,37+;/m1./s1. The summed E-state index contributed by atoms with van der Waals surface area (Å²) in [5.41, 5.74) is 6.81. The number of benzene rings is 5. The van der Waals surface area contributed by atoms with Crippen molar-refractivity contribution < 1.29 is 23.7 Å². The summed E-state index contributed by atoms with van der Waals surface area (Å²) in [7, 11) is 0. The fourth-order valence-corrected chi connectivity index (χ4v) is 5.79. The lowest BCUT2D eigenvalue weighted by Gasteiger charge is -2.44. The normalized spacial score (nSPS) is 18.4. The van der Waals surface area contributed by atoms with E-state index in [1.807, 2.05) is 78.9 Å². The molecule has 260 valence electrons. The maximum absolute atomic E-state index is 6.73. The largest absolute Gasteiger partial charge is 0.487 e. The Morgan fingerprint density at radius 1 is 0.480 bits per heavy atom. The average Bonchev–Trinajstić information content (AvgIpc) is 3.18. The highest BCUT2D eigenvalue weighted by atomic mass is 16.6. The number of rotatable bonds is 14. The topological polar surface area (TPSA) is 46.2 Å². The minimum absolute atomic E-state index is 0.349. The van der Waals surface area contributed by atoms with E-state index < -0.39 is 18.3 Å². The highest BCUT2D eigenvalue weighted by Crippen LogP contribution is 2.34. The van der Waals surface area contributed by atoms with E-state index in [-0.39, 0.29) is 6.10 Å². The highest BCUT2D eigenvalue weighted by molar-refractivity contribution is 5.20. The molecular weight excluding hydrogens is 620 g/mol. The molecule has 0 bridgehead atoms. The summed E-state index contributed by atoms with van der Waals surface area (Å²) in [5.74, 6) is 0.775. The molecule has 0 N–H and O–H groups in total. The molecule has 1 saturated heterocycles. The summed E-state index contributed by atoms with van der Waals surface area (Å²) in [6.45, 7) is 8.37. The Balaban J connectivity index is 0.000000535. The lowest BCUT2D eigenvalue weighted by molar-refractivity contribution is -0.223. The van der Waals surface area contributed by atoms with E-state index in [1.54, 1.807) is 0 Å². The van der Waals surface area contributed by atoms with Crippen molar-refractivity contribution in [3.05, 3.63) is 191 Å². The summed E-state index contributed by atoms with van der Waals surface area (Å²) in [4.78, 5) is 0. The summed E-state index contributed by atoms with van der Waals surface area (Å²) >= 11 is 0. The molecule has 5 aromatic carbocycles. The van der Waals surface area contributed by atoms with Crippen molar-refractivity contribution in [2.75, 3.05) is 6.61 Å². The maximum atomic E-state index is 6.73. The first kappa shape index (κ1) is 36.8. The Hall–Kier alpha value is -4.52. The SMILES string of the molecule is CC(C)=C1O[C@H](COCc2ccccc2)[C@H](OCc2ccccc2)[C@H](OCc2ccccc2)[C@H]1OCc1ccccc1.CCc1ccccc1. The molecule has 5 nitrogen and oxygen atoms in total. The van der Waals surface area contributed by atoms with Gasteiger partial charge in [-0.3, -0.25) is 0 Å². The maximum Gasteiger partial charge on any atom is 0.150 e. The summed E-state index contributed by atoms with van der Waals surface area (Å²) < 4.78 is 32.9. The van der Waals surface area contributed by atoms with E-state index in [9.17, 15) is 0 Å². The van der Waals surface area contributed by atoms with Crippen LogP contribution >= 0.6 is 0 Å². The second-order valence-corrected chi connectivity index (χ2v) is 12.6. The number of ether oxygens (including phenoxy) is 5. The van der Waals surface area contributed by atoms with Crippen LogP contribution < -0.4 is 0 Å². The van der Waals surface area contributed by atoms with Gasteiger partial charge in [-0.05, 0) is 53.7 Å². The smallest absolute Gasteiger partial charge is 0.150 e. The van der Waals surface area contributed by atoms with Gasteiger partial charge in [-0.2, -0.15) is 0 Å². The molecule has 4 atom stereocenters. The molecule has 1 fully saturated rings.